The summed E-state index contributed by atoms with van der Waals surface area (Å²) in [4.78, 5) is 16.2. The van der Waals surface area contributed by atoms with Gasteiger partial charge in [0.1, 0.15) is 16.5 Å². The average molecular weight is 319 g/mol. The first-order valence-electron chi connectivity index (χ1n) is 7.23. The van der Waals surface area contributed by atoms with Crippen LogP contribution in [0.5, 0.6) is 5.75 Å². The van der Waals surface area contributed by atoms with E-state index in [1.54, 1.807) is 5.38 Å². The molecule has 0 aliphatic rings. The Morgan fingerprint density at radius 1 is 1.41 bits per heavy atom. The van der Waals surface area contributed by atoms with Gasteiger partial charge in [0.2, 0.25) is 0 Å². The quantitative estimate of drug-likeness (QED) is 0.822. The standard InChI is InChI=1S/C16H21N3O2S/c1-11(2)9-21-14-6-4-3-5-12(14)8-18-16(20)13-10-22-15(7-17)19-13/h3-6,10-11H,7-9,17H2,1-2H3,(H,18,20). The Balaban J connectivity index is 1.97. The molecule has 0 aliphatic heterocycles. The van der Waals surface area contributed by atoms with Gasteiger partial charge in [-0.2, -0.15) is 0 Å². The Morgan fingerprint density at radius 3 is 2.86 bits per heavy atom. The molecule has 118 valence electrons. The van der Waals surface area contributed by atoms with Crippen LogP contribution in [-0.2, 0) is 13.1 Å². The van der Waals surface area contributed by atoms with Crippen LogP contribution in [0, 0.1) is 5.92 Å². The smallest absolute Gasteiger partial charge is 0.271 e. The number of hydrogen-bond acceptors (Lipinski definition) is 5. The fourth-order valence-corrected chi connectivity index (χ4v) is 2.48. The van der Waals surface area contributed by atoms with E-state index >= 15 is 0 Å². The van der Waals surface area contributed by atoms with Crippen LogP contribution in [-0.4, -0.2) is 17.5 Å². The zero-order valence-electron chi connectivity index (χ0n) is 12.8. The number of hydrogen-bond donors (Lipinski definition) is 2. The van der Waals surface area contributed by atoms with E-state index in [0.29, 0.717) is 31.3 Å². The molecule has 2 rings (SSSR count). The summed E-state index contributed by atoms with van der Waals surface area (Å²) < 4.78 is 5.78. The van der Waals surface area contributed by atoms with E-state index in [9.17, 15) is 4.79 Å². The molecule has 0 saturated heterocycles. The Bertz CT molecular complexity index is 625. The number of amides is 1. The first-order valence-corrected chi connectivity index (χ1v) is 8.11. The SMILES string of the molecule is CC(C)COc1ccccc1CNC(=O)c1csc(CN)n1. The number of benzene rings is 1. The molecular weight excluding hydrogens is 298 g/mol. The van der Waals surface area contributed by atoms with Crippen LogP contribution in [0.4, 0.5) is 0 Å². The predicted octanol–water partition coefficient (Wildman–Crippen LogP) is 2.57. The second-order valence-corrected chi connectivity index (χ2v) is 6.27. The third kappa shape index (κ3) is 4.54. The minimum atomic E-state index is -0.199. The topological polar surface area (TPSA) is 77.2 Å². The number of rotatable bonds is 7. The van der Waals surface area contributed by atoms with E-state index in [4.69, 9.17) is 10.5 Å². The molecule has 0 bridgehead atoms. The van der Waals surface area contributed by atoms with Crippen molar-refractivity contribution in [2.45, 2.75) is 26.9 Å². The van der Waals surface area contributed by atoms with Gasteiger partial charge in [-0.25, -0.2) is 4.98 Å². The molecule has 0 atom stereocenters. The Morgan fingerprint density at radius 2 is 2.18 bits per heavy atom. The van der Waals surface area contributed by atoms with Crippen LogP contribution in [0.2, 0.25) is 0 Å². The van der Waals surface area contributed by atoms with Crippen molar-refractivity contribution < 1.29 is 9.53 Å². The van der Waals surface area contributed by atoms with Crippen molar-refractivity contribution in [1.82, 2.24) is 10.3 Å². The third-order valence-electron chi connectivity index (χ3n) is 2.94. The highest BCUT2D eigenvalue weighted by Gasteiger charge is 2.11. The third-order valence-corrected chi connectivity index (χ3v) is 3.81. The van der Waals surface area contributed by atoms with Crippen molar-refractivity contribution in [2.24, 2.45) is 11.7 Å². The Labute approximate surface area is 134 Å². The molecule has 0 radical (unpaired) electrons. The van der Waals surface area contributed by atoms with Crippen LogP contribution < -0.4 is 15.8 Å². The first kappa shape index (κ1) is 16.5. The first-order chi connectivity index (χ1) is 10.6. The number of ether oxygens (including phenoxy) is 1. The van der Waals surface area contributed by atoms with Crippen molar-refractivity contribution >= 4 is 17.2 Å². The van der Waals surface area contributed by atoms with E-state index in [1.165, 1.54) is 11.3 Å². The van der Waals surface area contributed by atoms with Gasteiger partial charge >= 0.3 is 0 Å². The lowest BCUT2D eigenvalue weighted by molar-refractivity contribution is 0.0946. The molecule has 6 heteroatoms. The number of thiazole rings is 1. The molecule has 3 N–H and O–H groups in total. The van der Waals surface area contributed by atoms with Gasteiger partial charge in [-0.05, 0) is 12.0 Å². The number of para-hydroxylation sites is 1. The largest absolute Gasteiger partial charge is 0.493 e. The molecular formula is C16H21N3O2S. The summed E-state index contributed by atoms with van der Waals surface area (Å²) in [6.07, 6.45) is 0. The maximum Gasteiger partial charge on any atom is 0.271 e. The summed E-state index contributed by atoms with van der Waals surface area (Å²) in [6, 6.07) is 7.72. The molecule has 1 amide bonds. The molecule has 0 saturated carbocycles. The molecule has 5 nitrogen and oxygen atoms in total. The number of carbonyl (C=O) groups is 1. The van der Waals surface area contributed by atoms with E-state index in [0.717, 1.165) is 16.3 Å². The molecule has 1 aromatic heterocycles. The van der Waals surface area contributed by atoms with Crippen LogP contribution in [0.1, 0.15) is 34.9 Å². The Kier molecular flexibility index (Phi) is 5.91. The summed E-state index contributed by atoms with van der Waals surface area (Å²) >= 11 is 1.39. The monoisotopic (exact) mass is 319 g/mol. The zero-order valence-corrected chi connectivity index (χ0v) is 13.7. The van der Waals surface area contributed by atoms with Gasteiger partial charge in [0.05, 0.1) is 6.61 Å². The molecule has 0 spiro atoms. The van der Waals surface area contributed by atoms with E-state index in [2.05, 4.69) is 24.1 Å². The fraction of sp³-hybridized carbons (Fsp3) is 0.375. The second-order valence-electron chi connectivity index (χ2n) is 5.33. The van der Waals surface area contributed by atoms with Gasteiger partial charge in [0.25, 0.3) is 5.91 Å². The van der Waals surface area contributed by atoms with Gasteiger partial charge in [-0.3, -0.25) is 4.79 Å². The highest BCUT2D eigenvalue weighted by molar-refractivity contribution is 7.09. The van der Waals surface area contributed by atoms with Crippen molar-refractivity contribution in [1.29, 1.82) is 0 Å². The maximum absolute atomic E-state index is 12.1. The summed E-state index contributed by atoms with van der Waals surface area (Å²) in [6.45, 7) is 5.60. The molecule has 0 aliphatic carbocycles. The number of nitrogens with two attached hydrogens (primary N) is 1. The van der Waals surface area contributed by atoms with Gasteiger partial charge in [-0.15, -0.1) is 11.3 Å². The number of nitrogens with one attached hydrogen (secondary N) is 1. The summed E-state index contributed by atoms with van der Waals surface area (Å²) in [5, 5.41) is 5.34. The van der Waals surface area contributed by atoms with Crippen LogP contribution >= 0.6 is 11.3 Å². The fourth-order valence-electron chi connectivity index (χ4n) is 1.82. The maximum atomic E-state index is 12.1. The molecule has 2 aromatic rings. The van der Waals surface area contributed by atoms with E-state index < -0.39 is 0 Å². The van der Waals surface area contributed by atoms with E-state index in [1.807, 2.05) is 24.3 Å². The number of aromatic nitrogens is 1. The minimum Gasteiger partial charge on any atom is -0.493 e. The molecule has 1 aromatic carbocycles. The number of nitrogens with zero attached hydrogens (tertiary/aromatic N) is 1. The van der Waals surface area contributed by atoms with Gasteiger partial charge in [0, 0.05) is 24.0 Å². The lowest BCUT2D eigenvalue weighted by atomic mass is 10.2. The summed E-state index contributed by atoms with van der Waals surface area (Å²) in [5.74, 6) is 1.05. The van der Waals surface area contributed by atoms with Gasteiger partial charge in [-0.1, -0.05) is 32.0 Å². The zero-order chi connectivity index (χ0) is 15.9. The molecule has 0 fully saturated rings. The lowest BCUT2D eigenvalue weighted by Crippen LogP contribution is -2.23. The highest BCUT2D eigenvalue weighted by atomic mass is 32.1. The normalized spacial score (nSPS) is 10.7. The van der Waals surface area contributed by atoms with Crippen molar-refractivity contribution in [2.75, 3.05) is 6.61 Å². The van der Waals surface area contributed by atoms with Crippen LogP contribution in [0.15, 0.2) is 29.6 Å². The average Bonchev–Trinajstić information content (AvgIpc) is 3.00. The summed E-state index contributed by atoms with van der Waals surface area (Å²) in [5.41, 5.74) is 6.86. The minimum absolute atomic E-state index is 0.199. The van der Waals surface area contributed by atoms with Crippen LogP contribution in [0.25, 0.3) is 0 Å². The van der Waals surface area contributed by atoms with Gasteiger partial charge in [0.15, 0.2) is 0 Å². The molecule has 1 heterocycles. The highest BCUT2D eigenvalue weighted by Crippen LogP contribution is 2.19. The second kappa shape index (κ2) is 7.91. The molecule has 0 unspecified atom stereocenters. The Hall–Kier alpha value is -1.92. The van der Waals surface area contributed by atoms with Crippen molar-refractivity contribution in [3.8, 4) is 5.75 Å². The summed E-state index contributed by atoms with van der Waals surface area (Å²) in [7, 11) is 0. The van der Waals surface area contributed by atoms with Crippen molar-refractivity contribution in [3.05, 3.63) is 45.9 Å². The van der Waals surface area contributed by atoms with Crippen molar-refractivity contribution in [3.63, 3.8) is 0 Å². The molecule has 22 heavy (non-hydrogen) atoms. The van der Waals surface area contributed by atoms with Gasteiger partial charge < -0.3 is 15.8 Å². The lowest BCUT2D eigenvalue weighted by Gasteiger charge is -2.13. The predicted molar refractivity (Wildman–Crippen MR) is 88.0 cm³/mol. The van der Waals surface area contributed by atoms with E-state index in [-0.39, 0.29) is 5.91 Å². The number of carbonyl (C=O) groups excluding carboxylic acids is 1. The van der Waals surface area contributed by atoms with Crippen LogP contribution in [0.3, 0.4) is 0 Å².